The minimum absolute atomic E-state index is 0.0347. The summed E-state index contributed by atoms with van der Waals surface area (Å²) in [5.74, 6) is -0.0347. The summed E-state index contributed by atoms with van der Waals surface area (Å²) >= 11 is 0. The summed E-state index contributed by atoms with van der Waals surface area (Å²) in [7, 11) is 0. The van der Waals surface area contributed by atoms with E-state index in [1.807, 2.05) is 0 Å². The van der Waals surface area contributed by atoms with Crippen molar-refractivity contribution in [2.45, 2.75) is 6.92 Å². The Morgan fingerprint density at radius 3 is 2.62 bits per heavy atom. The second kappa shape index (κ2) is 4.18. The molecule has 0 amide bonds. The Morgan fingerprint density at radius 1 is 1.88 bits per heavy atom. The van der Waals surface area contributed by atoms with E-state index < -0.39 is 0 Å². The molecule has 0 rings (SSSR count). The van der Waals surface area contributed by atoms with E-state index in [9.17, 15) is 4.79 Å². The average Bonchev–Trinajstić information content (AvgIpc) is 1.83. The SMILES string of the molecule is CCO/C(C=O)=C/O. The molecule has 0 heterocycles. The first-order valence-corrected chi connectivity index (χ1v) is 2.27. The van der Waals surface area contributed by atoms with Crippen LogP contribution in [0.15, 0.2) is 12.0 Å². The maximum Gasteiger partial charge on any atom is 0.193 e. The van der Waals surface area contributed by atoms with Gasteiger partial charge in [0.25, 0.3) is 0 Å². The molecule has 0 radical (unpaired) electrons. The van der Waals surface area contributed by atoms with Gasteiger partial charge in [0.15, 0.2) is 12.0 Å². The highest BCUT2D eigenvalue weighted by Crippen LogP contribution is 1.87. The van der Waals surface area contributed by atoms with Gasteiger partial charge in [-0.1, -0.05) is 0 Å². The summed E-state index contributed by atoms with van der Waals surface area (Å²) in [6, 6.07) is 0. The first kappa shape index (κ1) is 7.01. The molecule has 3 nitrogen and oxygen atoms in total. The Hall–Kier alpha value is -0.990. The molecule has 46 valence electrons. The lowest BCUT2D eigenvalue weighted by molar-refractivity contribution is -0.107. The van der Waals surface area contributed by atoms with Crippen LogP contribution < -0.4 is 0 Å². The van der Waals surface area contributed by atoms with Crippen LogP contribution in [0, 0.1) is 0 Å². The molecule has 0 spiro atoms. The number of aldehydes is 1. The van der Waals surface area contributed by atoms with Crippen molar-refractivity contribution in [1.82, 2.24) is 0 Å². The zero-order valence-corrected chi connectivity index (χ0v) is 4.63. The van der Waals surface area contributed by atoms with E-state index in [0.29, 0.717) is 19.2 Å². The molecule has 8 heavy (non-hydrogen) atoms. The fraction of sp³-hybridized carbons (Fsp3) is 0.400. The first-order chi connectivity index (χ1) is 3.85. The lowest BCUT2D eigenvalue weighted by Crippen LogP contribution is -1.91. The third-order valence-electron chi connectivity index (χ3n) is 0.554. The van der Waals surface area contributed by atoms with E-state index in [-0.39, 0.29) is 5.76 Å². The molecule has 0 fully saturated rings. The van der Waals surface area contributed by atoms with Crippen LogP contribution in [-0.4, -0.2) is 18.0 Å². The van der Waals surface area contributed by atoms with Gasteiger partial charge in [0.1, 0.15) is 6.26 Å². The smallest absolute Gasteiger partial charge is 0.193 e. The summed E-state index contributed by atoms with van der Waals surface area (Å²) < 4.78 is 4.58. The van der Waals surface area contributed by atoms with E-state index >= 15 is 0 Å². The highest BCUT2D eigenvalue weighted by Gasteiger charge is 1.88. The zero-order valence-electron chi connectivity index (χ0n) is 4.63. The summed E-state index contributed by atoms with van der Waals surface area (Å²) in [4.78, 5) is 9.77. The molecule has 0 atom stereocenters. The molecule has 0 bridgehead atoms. The molecule has 0 saturated heterocycles. The monoisotopic (exact) mass is 116 g/mol. The number of hydrogen-bond acceptors (Lipinski definition) is 3. The Morgan fingerprint density at radius 2 is 2.50 bits per heavy atom. The Bertz CT molecular complexity index is 95.8. The van der Waals surface area contributed by atoms with E-state index in [0.717, 1.165) is 0 Å². The predicted octanol–water partition coefficient (Wildman–Crippen LogP) is 0.621. The molecular weight excluding hydrogens is 108 g/mol. The van der Waals surface area contributed by atoms with Crippen LogP contribution in [0.2, 0.25) is 0 Å². The molecule has 0 unspecified atom stereocenters. The molecule has 0 saturated carbocycles. The van der Waals surface area contributed by atoms with E-state index in [1.165, 1.54) is 0 Å². The number of allylic oxidation sites excluding steroid dienone is 1. The number of carbonyl (C=O) groups is 1. The number of ether oxygens (including phenoxy) is 1. The topological polar surface area (TPSA) is 46.5 Å². The number of rotatable bonds is 3. The van der Waals surface area contributed by atoms with E-state index in [4.69, 9.17) is 5.11 Å². The summed E-state index contributed by atoms with van der Waals surface area (Å²) in [5.41, 5.74) is 0. The van der Waals surface area contributed by atoms with Crippen molar-refractivity contribution < 1.29 is 14.6 Å². The highest BCUT2D eigenvalue weighted by molar-refractivity contribution is 5.69. The van der Waals surface area contributed by atoms with Crippen LogP contribution in [0.5, 0.6) is 0 Å². The standard InChI is InChI=1S/C5H8O3/c1-2-8-5(3-6)4-7/h3-4,6H,2H2,1H3/b5-3+. The number of hydrogen-bond donors (Lipinski definition) is 1. The van der Waals surface area contributed by atoms with Crippen LogP contribution in [0.4, 0.5) is 0 Å². The Balaban J connectivity index is 3.54. The maximum absolute atomic E-state index is 9.77. The number of carbonyl (C=O) groups excluding carboxylic acids is 1. The second-order valence-corrected chi connectivity index (χ2v) is 1.08. The maximum atomic E-state index is 9.77. The van der Waals surface area contributed by atoms with Crippen LogP contribution in [0.1, 0.15) is 6.92 Å². The van der Waals surface area contributed by atoms with Crippen LogP contribution in [0.3, 0.4) is 0 Å². The minimum atomic E-state index is -0.0347. The average molecular weight is 116 g/mol. The lowest BCUT2D eigenvalue weighted by Gasteiger charge is -1.95. The Labute approximate surface area is 47.6 Å². The lowest BCUT2D eigenvalue weighted by atomic mass is 10.6. The van der Waals surface area contributed by atoms with Crippen LogP contribution >= 0.6 is 0 Å². The van der Waals surface area contributed by atoms with E-state index in [2.05, 4.69) is 4.74 Å². The van der Waals surface area contributed by atoms with Crippen molar-refractivity contribution in [3.05, 3.63) is 12.0 Å². The summed E-state index contributed by atoms with van der Waals surface area (Å²) in [5, 5.41) is 8.14. The van der Waals surface area contributed by atoms with Gasteiger partial charge >= 0.3 is 0 Å². The molecule has 0 aliphatic heterocycles. The molecule has 0 aromatic heterocycles. The zero-order chi connectivity index (χ0) is 6.41. The first-order valence-electron chi connectivity index (χ1n) is 2.27. The van der Waals surface area contributed by atoms with Gasteiger partial charge in [-0.2, -0.15) is 0 Å². The van der Waals surface area contributed by atoms with Crippen LogP contribution in [-0.2, 0) is 9.53 Å². The number of aliphatic hydroxyl groups is 1. The van der Waals surface area contributed by atoms with Gasteiger partial charge in [-0.3, -0.25) is 4.79 Å². The molecule has 3 heteroatoms. The van der Waals surface area contributed by atoms with E-state index in [1.54, 1.807) is 6.92 Å². The highest BCUT2D eigenvalue weighted by atomic mass is 16.5. The second-order valence-electron chi connectivity index (χ2n) is 1.08. The Kier molecular flexibility index (Phi) is 3.66. The third kappa shape index (κ3) is 2.23. The fourth-order valence-electron chi connectivity index (χ4n) is 0.268. The molecule has 0 aliphatic rings. The van der Waals surface area contributed by atoms with Gasteiger partial charge in [-0.05, 0) is 6.92 Å². The van der Waals surface area contributed by atoms with Gasteiger partial charge in [0.2, 0.25) is 0 Å². The molecule has 0 aromatic rings. The van der Waals surface area contributed by atoms with Gasteiger partial charge < -0.3 is 9.84 Å². The largest absolute Gasteiger partial charge is 0.512 e. The van der Waals surface area contributed by atoms with Gasteiger partial charge in [-0.15, -0.1) is 0 Å². The van der Waals surface area contributed by atoms with Crippen LogP contribution in [0.25, 0.3) is 0 Å². The van der Waals surface area contributed by atoms with Crippen molar-refractivity contribution >= 4 is 6.29 Å². The summed E-state index contributed by atoms with van der Waals surface area (Å²) in [6.07, 6.45) is 1.08. The summed E-state index contributed by atoms with van der Waals surface area (Å²) in [6.45, 7) is 2.12. The quantitative estimate of drug-likeness (QED) is 0.334. The van der Waals surface area contributed by atoms with Crippen molar-refractivity contribution in [2.75, 3.05) is 6.61 Å². The van der Waals surface area contributed by atoms with Crippen molar-refractivity contribution in [2.24, 2.45) is 0 Å². The molecule has 1 N–H and O–H groups in total. The molecule has 0 aromatic carbocycles. The molecule has 0 aliphatic carbocycles. The molecular formula is C5H8O3. The number of aliphatic hydroxyl groups excluding tert-OH is 1. The predicted molar refractivity (Wildman–Crippen MR) is 28.4 cm³/mol. The normalized spacial score (nSPS) is 10.9. The van der Waals surface area contributed by atoms with Gasteiger partial charge in [0, 0.05) is 0 Å². The van der Waals surface area contributed by atoms with Crippen molar-refractivity contribution in [3.8, 4) is 0 Å². The van der Waals surface area contributed by atoms with Crippen molar-refractivity contribution in [1.29, 1.82) is 0 Å². The fourth-order valence-corrected chi connectivity index (χ4v) is 0.268. The third-order valence-corrected chi connectivity index (χ3v) is 0.554. The van der Waals surface area contributed by atoms with Crippen molar-refractivity contribution in [3.63, 3.8) is 0 Å². The van der Waals surface area contributed by atoms with Gasteiger partial charge in [-0.25, -0.2) is 0 Å². The van der Waals surface area contributed by atoms with Gasteiger partial charge in [0.05, 0.1) is 6.61 Å². The minimum Gasteiger partial charge on any atom is -0.512 e.